The molecule has 0 spiro atoms. The number of nitrogens with zero attached hydrogens (tertiary/aromatic N) is 5. The first-order valence-corrected chi connectivity index (χ1v) is 13.6. The van der Waals surface area contributed by atoms with Crippen LogP contribution in [0.4, 0.5) is 5.13 Å². The maximum atomic E-state index is 13.2. The Kier molecular flexibility index (Phi) is 7.15. The van der Waals surface area contributed by atoms with E-state index in [1.165, 1.54) is 32.8 Å². The predicted molar refractivity (Wildman–Crippen MR) is 124 cm³/mol. The lowest BCUT2D eigenvalue weighted by atomic mass is 9.84. The van der Waals surface area contributed by atoms with Crippen molar-refractivity contribution in [2.45, 2.75) is 56.5 Å². The van der Waals surface area contributed by atoms with Crippen LogP contribution in [0.1, 0.15) is 44.3 Å². The second-order valence-electron chi connectivity index (χ2n) is 8.71. The zero-order chi connectivity index (χ0) is 23.6. The van der Waals surface area contributed by atoms with Crippen LogP contribution in [0.15, 0.2) is 22.8 Å². The normalized spacial score (nSPS) is 19.6. The van der Waals surface area contributed by atoms with Crippen molar-refractivity contribution >= 4 is 38.3 Å². The fraction of sp³-hybridized carbons (Fsp3) is 0.619. The average molecular weight is 495 g/mol. The van der Waals surface area contributed by atoms with E-state index in [4.69, 9.17) is 0 Å². The van der Waals surface area contributed by atoms with E-state index >= 15 is 0 Å². The third kappa shape index (κ3) is 5.12. The van der Waals surface area contributed by atoms with E-state index in [9.17, 15) is 18.0 Å². The molecule has 1 N–H and O–H groups in total. The largest absolute Gasteiger partial charge is 0.328 e. The van der Waals surface area contributed by atoms with Gasteiger partial charge in [-0.05, 0) is 19.3 Å². The molecule has 1 aliphatic carbocycles. The number of hydrogen-bond donors (Lipinski definition) is 1. The Morgan fingerprint density at radius 1 is 1.24 bits per heavy atom. The lowest BCUT2D eigenvalue weighted by molar-refractivity contribution is -0.142. The van der Waals surface area contributed by atoms with Crippen molar-refractivity contribution in [3.8, 4) is 0 Å². The van der Waals surface area contributed by atoms with Crippen LogP contribution in [-0.4, -0.2) is 69.6 Å². The zero-order valence-corrected chi connectivity index (χ0v) is 20.6. The standard InChI is InChI=1S/C21H30N6O4S2/c1-15-23-13-19(25(15)2)33(30,31)26-9-10-27(18(28)14-26)17(12-16-6-4-3-5-7-16)20(29)24-21-22-8-11-32-21/h8,11,13,16-17H,3-7,9-10,12,14H2,1-2H3,(H,22,24,29)/t17-/m0/s1. The van der Waals surface area contributed by atoms with Crippen LogP contribution in [0.5, 0.6) is 0 Å². The number of piperazine rings is 1. The number of aromatic nitrogens is 3. The molecule has 12 heteroatoms. The Hall–Kier alpha value is -2.31. The van der Waals surface area contributed by atoms with Gasteiger partial charge in [0, 0.05) is 31.7 Å². The molecule has 180 valence electrons. The molecule has 4 rings (SSSR count). The molecule has 2 fully saturated rings. The maximum absolute atomic E-state index is 13.2. The minimum absolute atomic E-state index is 0.0570. The number of amides is 2. The van der Waals surface area contributed by atoms with E-state index in [1.54, 1.807) is 30.4 Å². The molecular weight excluding hydrogens is 464 g/mol. The summed E-state index contributed by atoms with van der Waals surface area (Å²) in [7, 11) is -2.23. The molecule has 1 atom stereocenters. The summed E-state index contributed by atoms with van der Waals surface area (Å²) < 4.78 is 28.9. The molecule has 2 aromatic rings. The van der Waals surface area contributed by atoms with E-state index in [2.05, 4.69) is 15.3 Å². The topological polar surface area (TPSA) is 118 Å². The molecule has 33 heavy (non-hydrogen) atoms. The molecule has 2 aromatic heterocycles. The second kappa shape index (κ2) is 9.90. The highest BCUT2D eigenvalue weighted by Gasteiger charge is 2.40. The SMILES string of the molecule is Cc1ncc(S(=O)(=O)N2CCN([C@@H](CC3CCCCC3)C(=O)Nc3nccs3)C(=O)C2)n1C. The van der Waals surface area contributed by atoms with Crippen LogP contribution in [0.2, 0.25) is 0 Å². The van der Waals surface area contributed by atoms with Gasteiger partial charge in [0.25, 0.3) is 10.0 Å². The third-order valence-electron chi connectivity index (χ3n) is 6.63. The van der Waals surface area contributed by atoms with Gasteiger partial charge in [0.05, 0.1) is 12.7 Å². The van der Waals surface area contributed by atoms with Crippen molar-refractivity contribution in [1.82, 2.24) is 23.7 Å². The van der Waals surface area contributed by atoms with Crippen molar-refractivity contribution < 1.29 is 18.0 Å². The Morgan fingerprint density at radius 3 is 2.61 bits per heavy atom. The molecule has 0 bridgehead atoms. The van der Waals surface area contributed by atoms with Crippen LogP contribution >= 0.6 is 11.3 Å². The minimum Gasteiger partial charge on any atom is -0.328 e. The molecule has 0 unspecified atom stereocenters. The monoisotopic (exact) mass is 494 g/mol. The Morgan fingerprint density at radius 2 is 2.00 bits per heavy atom. The van der Waals surface area contributed by atoms with E-state index in [0.717, 1.165) is 25.7 Å². The molecule has 1 aliphatic heterocycles. The first-order valence-electron chi connectivity index (χ1n) is 11.3. The highest BCUT2D eigenvalue weighted by Crippen LogP contribution is 2.30. The predicted octanol–water partition coefficient (Wildman–Crippen LogP) is 2.00. The second-order valence-corrected chi connectivity index (χ2v) is 11.5. The number of carbonyl (C=O) groups is 2. The van der Waals surface area contributed by atoms with Gasteiger partial charge in [-0.2, -0.15) is 4.31 Å². The number of thiazole rings is 1. The summed E-state index contributed by atoms with van der Waals surface area (Å²) in [6.45, 7) is 1.72. The van der Waals surface area contributed by atoms with Gasteiger partial charge in [0.1, 0.15) is 11.9 Å². The van der Waals surface area contributed by atoms with E-state index in [-0.39, 0.29) is 36.5 Å². The Balaban J connectivity index is 1.51. The Bertz CT molecular complexity index is 1090. The Labute approximate surface area is 198 Å². The summed E-state index contributed by atoms with van der Waals surface area (Å²) in [5.41, 5.74) is 0. The fourth-order valence-electron chi connectivity index (χ4n) is 4.64. The van der Waals surface area contributed by atoms with Crippen molar-refractivity contribution in [1.29, 1.82) is 0 Å². The van der Waals surface area contributed by atoms with Crippen molar-refractivity contribution in [3.05, 3.63) is 23.6 Å². The summed E-state index contributed by atoms with van der Waals surface area (Å²) in [6.07, 6.45) is 9.07. The lowest BCUT2D eigenvalue weighted by Crippen LogP contribution is -2.58. The summed E-state index contributed by atoms with van der Waals surface area (Å²) in [5.74, 6) is 0.323. The first kappa shape index (κ1) is 23.8. The summed E-state index contributed by atoms with van der Waals surface area (Å²) in [4.78, 5) is 36.1. The van der Waals surface area contributed by atoms with Crippen LogP contribution in [0.25, 0.3) is 0 Å². The van der Waals surface area contributed by atoms with Crippen LogP contribution in [-0.2, 0) is 26.7 Å². The number of anilines is 1. The van der Waals surface area contributed by atoms with Gasteiger partial charge < -0.3 is 14.8 Å². The van der Waals surface area contributed by atoms with Crippen molar-refractivity contribution in [3.63, 3.8) is 0 Å². The van der Waals surface area contributed by atoms with E-state index in [1.807, 2.05) is 0 Å². The van der Waals surface area contributed by atoms with Crippen LogP contribution < -0.4 is 5.32 Å². The molecule has 2 amide bonds. The molecular formula is C21H30N6O4S2. The highest BCUT2D eigenvalue weighted by atomic mass is 32.2. The number of sulfonamides is 1. The van der Waals surface area contributed by atoms with E-state index < -0.39 is 16.1 Å². The first-order chi connectivity index (χ1) is 15.8. The number of carbonyl (C=O) groups excluding carboxylic acids is 2. The summed E-state index contributed by atoms with van der Waals surface area (Å²) >= 11 is 1.32. The van der Waals surface area contributed by atoms with Gasteiger partial charge in [-0.1, -0.05) is 32.1 Å². The van der Waals surface area contributed by atoms with Crippen LogP contribution in [0, 0.1) is 12.8 Å². The number of hydrogen-bond acceptors (Lipinski definition) is 7. The lowest BCUT2D eigenvalue weighted by Gasteiger charge is -2.39. The maximum Gasteiger partial charge on any atom is 0.260 e. The smallest absolute Gasteiger partial charge is 0.260 e. The average Bonchev–Trinajstić information content (AvgIpc) is 3.43. The van der Waals surface area contributed by atoms with E-state index in [0.29, 0.717) is 23.3 Å². The van der Waals surface area contributed by atoms with Gasteiger partial charge in [-0.25, -0.2) is 18.4 Å². The molecule has 2 aliphatic rings. The van der Waals surface area contributed by atoms with Gasteiger partial charge in [-0.3, -0.25) is 9.59 Å². The number of imidazole rings is 1. The summed E-state index contributed by atoms with van der Waals surface area (Å²) in [6, 6.07) is -0.645. The molecule has 0 aromatic carbocycles. The quantitative estimate of drug-likeness (QED) is 0.629. The summed E-state index contributed by atoms with van der Waals surface area (Å²) in [5, 5.41) is 5.17. The molecule has 3 heterocycles. The third-order valence-corrected chi connectivity index (χ3v) is 9.21. The van der Waals surface area contributed by atoms with Gasteiger partial charge in [-0.15, -0.1) is 11.3 Å². The van der Waals surface area contributed by atoms with Gasteiger partial charge in [0.2, 0.25) is 11.8 Å². The molecule has 10 nitrogen and oxygen atoms in total. The van der Waals surface area contributed by atoms with Gasteiger partial charge in [0.15, 0.2) is 10.2 Å². The molecule has 1 saturated carbocycles. The fourth-order valence-corrected chi connectivity index (χ4v) is 6.70. The minimum atomic E-state index is -3.86. The highest BCUT2D eigenvalue weighted by molar-refractivity contribution is 7.89. The number of nitrogens with one attached hydrogen (secondary N) is 1. The molecule has 1 saturated heterocycles. The van der Waals surface area contributed by atoms with Gasteiger partial charge >= 0.3 is 0 Å². The number of aryl methyl sites for hydroxylation is 1. The molecule has 0 radical (unpaired) electrons. The van der Waals surface area contributed by atoms with Crippen molar-refractivity contribution in [2.24, 2.45) is 13.0 Å². The zero-order valence-electron chi connectivity index (χ0n) is 18.9. The van der Waals surface area contributed by atoms with Crippen LogP contribution in [0.3, 0.4) is 0 Å². The van der Waals surface area contributed by atoms with Crippen molar-refractivity contribution in [2.75, 3.05) is 25.0 Å². The number of rotatable bonds is 7.